The van der Waals surface area contributed by atoms with Crippen molar-refractivity contribution in [3.63, 3.8) is 0 Å². The lowest BCUT2D eigenvalue weighted by Gasteiger charge is -2.43. The van der Waals surface area contributed by atoms with Crippen LogP contribution < -0.4 is 10.4 Å². The Morgan fingerprint density at radius 3 is 1.88 bits per heavy atom. The van der Waals surface area contributed by atoms with Crippen LogP contribution in [0.2, 0.25) is 5.04 Å². The van der Waals surface area contributed by atoms with Crippen LogP contribution in [0.3, 0.4) is 0 Å². The van der Waals surface area contributed by atoms with Crippen LogP contribution in [0, 0.1) is 18.3 Å². The zero-order valence-corrected chi connectivity index (χ0v) is 17.7. The summed E-state index contributed by atoms with van der Waals surface area (Å²) < 4.78 is 6.95. The molecule has 0 aliphatic rings. The summed E-state index contributed by atoms with van der Waals surface area (Å²) in [6.07, 6.45) is 8.43. The highest BCUT2D eigenvalue weighted by molar-refractivity contribution is 6.99. The van der Waals surface area contributed by atoms with Gasteiger partial charge in [0.05, 0.1) is 0 Å². The summed E-state index contributed by atoms with van der Waals surface area (Å²) in [6, 6.07) is 21.7. The Balaban J connectivity index is 2.40. The minimum atomic E-state index is -2.40. The fraction of sp³-hybridized carbons (Fsp3) is 0.417. The summed E-state index contributed by atoms with van der Waals surface area (Å²) in [7, 11) is -2.40. The first-order chi connectivity index (χ1) is 12.4. The van der Waals surface area contributed by atoms with Gasteiger partial charge in [0.25, 0.3) is 8.32 Å². The molecule has 0 spiro atoms. The Hall–Kier alpha value is -1.82. The van der Waals surface area contributed by atoms with Crippen LogP contribution in [0.5, 0.6) is 0 Å². The first-order valence-corrected chi connectivity index (χ1v) is 11.5. The molecule has 0 saturated carbocycles. The van der Waals surface area contributed by atoms with Crippen LogP contribution in [-0.2, 0) is 4.43 Å². The van der Waals surface area contributed by atoms with Gasteiger partial charge in [0.15, 0.2) is 0 Å². The number of hydrogen-bond donors (Lipinski definition) is 0. The maximum Gasteiger partial charge on any atom is 0.261 e. The Morgan fingerprint density at radius 2 is 1.46 bits per heavy atom. The van der Waals surface area contributed by atoms with E-state index in [9.17, 15) is 0 Å². The van der Waals surface area contributed by atoms with Crippen molar-refractivity contribution in [1.82, 2.24) is 0 Å². The third kappa shape index (κ3) is 4.66. The molecule has 0 aliphatic heterocycles. The molecule has 2 aromatic rings. The molecule has 0 aliphatic carbocycles. The minimum Gasteiger partial charge on any atom is -0.407 e. The van der Waals surface area contributed by atoms with Crippen LogP contribution in [-0.4, -0.2) is 14.9 Å². The van der Waals surface area contributed by atoms with E-state index in [1.165, 1.54) is 10.4 Å². The lowest BCUT2D eigenvalue weighted by atomic mass is 10.1. The summed E-state index contributed by atoms with van der Waals surface area (Å²) in [5.74, 6) is 3.24. The fourth-order valence-electron chi connectivity index (χ4n) is 3.66. The van der Waals surface area contributed by atoms with Gasteiger partial charge in [0, 0.05) is 13.0 Å². The third-order valence-corrected chi connectivity index (χ3v) is 10.0. The zero-order chi connectivity index (χ0) is 19.0. The first-order valence-electron chi connectivity index (χ1n) is 9.60. The number of terminal acetylenes is 1. The van der Waals surface area contributed by atoms with Gasteiger partial charge in [-0.25, -0.2) is 0 Å². The quantitative estimate of drug-likeness (QED) is 0.364. The number of hydrogen-bond acceptors (Lipinski definition) is 1. The number of rotatable bonds is 8. The van der Waals surface area contributed by atoms with E-state index < -0.39 is 8.32 Å². The molecule has 138 valence electrons. The van der Waals surface area contributed by atoms with E-state index in [-0.39, 0.29) is 5.04 Å². The second-order valence-corrected chi connectivity index (χ2v) is 12.5. The Morgan fingerprint density at radius 1 is 0.962 bits per heavy atom. The maximum atomic E-state index is 6.95. The van der Waals surface area contributed by atoms with Crippen molar-refractivity contribution >= 4 is 18.7 Å². The fourth-order valence-corrected chi connectivity index (χ4v) is 8.35. The SMILES string of the molecule is C#CCCCC(C)CO[Si](c1ccccc1)(c1ccccc1)C(C)(C)C. The topological polar surface area (TPSA) is 9.23 Å². The van der Waals surface area contributed by atoms with Crippen LogP contribution in [0.15, 0.2) is 60.7 Å². The summed E-state index contributed by atoms with van der Waals surface area (Å²) in [5.41, 5.74) is 0. The Labute approximate surface area is 160 Å². The van der Waals surface area contributed by atoms with Crippen LogP contribution in [0.1, 0.15) is 47.0 Å². The Kier molecular flexibility index (Phi) is 7.26. The molecule has 2 aromatic carbocycles. The molecule has 0 N–H and O–H groups in total. The Bertz CT molecular complexity index is 655. The third-order valence-electron chi connectivity index (χ3n) is 5.02. The molecule has 0 amide bonds. The summed E-state index contributed by atoms with van der Waals surface area (Å²) in [4.78, 5) is 0. The van der Waals surface area contributed by atoms with Gasteiger partial charge in [-0.1, -0.05) is 88.4 Å². The van der Waals surface area contributed by atoms with Crippen molar-refractivity contribution in [2.75, 3.05) is 6.61 Å². The molecule has 2 rings (SSSR count). The molecular weight excluding hydrogens is 332 g/mol. The molecule has 2 heteroatoms. The zero-order valence-electron chi connectivity index (χ0n) is 16.7. The van der Waals surface area contributed by atoms with Gasteiger partial charge in [0.2, 0.25) is 0 Å². The second kappa shape index (κ2) is 9.21. The van der Waals surface area contributed by atoms with E-state index in [2.05, 4.69) is 94.3 Å². The molecular formula is C24H32OSi. The highest BCUT2D eigenvalue weighted by atomic mass is 28.4. The number of benzene rings is 2. The molecule has 0 aromatic heterocycles. The summed E-state index contributed by atoms with van der Waals surface area (Å²) in [5, 5.41) is 2.72. The van der Waals surface area contributed by atoms with Gasteiger partial charge in [-0.3, -0.25) is 0 Å². The van der Waals surface area contributed by atoms with E-state index in [1.807, 2.05) is 0 Å². The van der Waals surface area contributed by atoms with Crippen molar-refractivity contribution in [3.8, 4) is 12.3 Å². The van der Waals surface area contributed by atoms with E-state index >= 15 is 0 Å². The molecule has 1 nitrogen and oxygen atoms in total. The summed E-state index contributed by atoms with van der Waals surface area (Å²) >= 11 is 0. The molecule has 0 bridgehead atoms. The van der Waals surface area contributed by atoms with Gasteiger partial charge < -0.3 is 4.43 Å². The molecule has 1 atom stereocenters. The van der Waals surface area contributed by atoms with Crippen LogP contribution in [0.25, 0.3) is 0 Å². The smallest absolute Gasteiger partial charge is 0.261 e. The van der Waals surface area contributed by atoms with E-state index in [0.717, 1.165) is 25.9 Å². The highest BCUT2D eigenvalue weighted by Crippen LogP contribution is 2.37. The van der Waals surface area contributed by atoms with Gasteiger partial charge in [-0.15, -0.1) is 12.3 Å². The first kappa shape index (κ1) is 20.5. The molecule has 0 fully saturated rings. The van der Waals surface area contributed by atoms with Gasteiger partial charge in [-0.2, -0.15) is 0 Å². The second-order valence-electron chi connectivity index (χ2n) is 8.18. The van der Waals surface area contributed by atoms with Crippen molar-refractivity contribution < 1.29 is 4.43 Å². The van der Waals surface area contributed by atoms with Crippen molar-refractivity contribution in [2.24, 2.45) is 5.92 Å². The molecule has 0 heterocycles. The van der Waals surface area contributed by atoms with Crippen LogP contribution >= 0.6 is 0 Å². The number of unbranched alkanes of at least 4 members (excludes halogenated alkanes) is 1. The van der Waals surface area contributed by atoms with Gasteiger partial charge in [0.1, 0.15) is 0 Å². The largest absolute Gasteiger partial charge is 0.407 e. The van der Waals surface area contributed by atoms with Crippen molar-refractivity contribution in [3.05, 3.63) is 60.7 Å². The molecule has 26 heavy (non-hydrogen) atoms. The van der Waals surface area contributed by atoms with Crippen molar-refractivity contribution in [2.45, 2.75) is 52.0 Å². The molecule has 0 saturated heterocycles. The molecule has 1 unspecified atom stereocenters. The highest BCUT2D eigenvalue weighted by Gasteiger charge is 2.50. The average Bonchev–Trinajstić information content (AvgIpc) is 2.63. The minimum absolute atomic E-state index is 0.0360. The average molecular weight is 365 g/mol. The van der Waals surface area contributed by atoms with Crippen LogP contribution in [0.4, 0.5) is 0 Å². The molecule has 0 radical (unpaired) electrons. The lowest BCUT2D eigenvalue weighted by Crippen LogP contribution is -2.66. The van der Waals surface area contributed by atoms with Crippen molar-refractivity contribution in [1.29, 1.82) is 0 Å². The predicted molar refractivity (Wildman–Crippen MR) is 115 cm³/mol. The summed E-state index contributed by atoms with van der Waals surface area (Å²) in [6.45, 7) is 10.0. The van der Waals surface area contributed by atoms with E-state index in [1.54, 1.807) is 0 Å². The van der Waals surface area contributed by atoms with Gasteiger partial charge in [-0.05, 0) is 34.2 Å². The standard InChI is InChI=1S/C24H32OSi/c1-6-7-10-15-21(2)20-25-26(24(3,4)5,22-16-11-8-12-17-22)23-18-13-9-14-19-23/h1,8-9,11-14,16-19,21H,7,10,15,20H2,2-5H3. The van der Waals surface area contributed by atoms with E-state index in [0.29, 0.717) is 5.92 Å². The lowest BCUT2D eigenvalue weighted by molar-refractivity contribution is 0.236. The maximum absolute atomic E-state index is 6.95. The van der Waals surface area contributed by atoms with Gasteiger partial charge >= 0.3 is 0 Å². The monoisotopic (exact) mass is 364 g/mol. The predicted octanol–water partition coefficient (Wildman–Crippen LogP) is 5.00. The van der Waals surface area contributed by atoms with E-state index in [4.69, 9.17) is 10.8 Å². The normalized spacial score (nSPS) is 13.2.